The Balaban J connectivity index is 1.40. The molecule has 0 aliphatic carbocycles. The first kappa shape index (κ1) is 18.6. The number of benzene rings is 1. The zero-order chi connectivity index (χ0) is 19.9. The number of carbonyl (C=O) groups is 1. The van der Waals surface area contributed by atoms with Crippen molar-refractivity contribution >= 4 is 27.0 Å². The van der Waals surface area contributed by atoms with E-state index in [0.29, 0.717) is 42.9 Å². The van der Waals surface area contributed by atoms with E-state index in [0.717, 1.165) is 11.0 Å². The molecular weight excluding hydrogens is 380 g/mol. The van der Waals surface area contributed by atoms with Gasteiger partial charge in [0.15, 0.2) is 0 Å². The third-order valence-electron chi connectivity index (χ3n) is 5.13. The van der Waals surface area contributed by atoms with Gasteiger partial charge in [-0.2, -0.15) is 9.40 Å². The van der Waals surface area contributed by atoms with Crippen molar-refractivity contribution in [3.05, 3.63) is 41.5 Å². The van der Waals surface area contributed by atoms with Crippen LogP contribution in [0.2, 0.25) is 0 Å². The van der Waals surface area contributed by atoms with E-state index in [1.165, 1.54) is 4.31 Å². The maximum absolute atomic E-state index is 12.9. The summed E-state index contributed by atoms with van der Waals surface area (Å²) in [6.07, 6.45) is 2.71. The highest BCUT2D eigenvalue weighted by Crippen LogP contribution is 2.25. The number of aromatic nitrogens is 4. The molecule has 3 heterocycles. The second kappa shape index (κ2) is 7.02. The molecule has 148 valence electrons. The minimum absolute atomic E-state index is 0.0667. The first-order valence-electron chi connectivity index (χ1n) is 9.12. The van der Waals surface area contributed by atoms with Crippen LogP contribution in [0.25, 0.3) is 11.0 Å². The summed E-state index contributed by atoms with van der Waals surface area (Å²) >= 11 is 0. The van der Waals surface area contributed by atoms with Gasteiger partial charge in [0.25, 0.3) is 5.91 Å². The Labute approximate surface area is 162 Å². The minimum atomic E-state index is -3.59. The van der Waals surface area contributed by atoms with Crippen LogP contribution in [0, 0.1) is 13.8 Å². The van der Waals surface area contributed by atoms with Crippen molar-refractivity contribution in [3.63, 3.8) is 0 Å². The summed E-state index contributed by atoms with van der Waals surface area (Å²) in [5, 5.41) is 9.72. The number of nitrogens with zero attached hydrogens (tertiary/aromatic N) is 3. The zero-order valence-corrected chi connectivity index (χ0v) is 16.5. The van der Waals surface area contributed by atoms with Gasteiger partial charge in [-0.05, 0) is 44.9 Å². The van der Waals surface area contributed by atoms with Crippen molar-refractivity contribution in [2.24, 2.45) is 0 Å². The molecule has 3 N–H and O–H groups in total. The molecule has 2 aromatic heterocycles. The summed E-state index contributed by atoms with van der Waals surface area (Å²) in [6, 6.07) is 5.23. The fourth-order valence-electron chi connectivity index (χ4n) is 3.64. The van der Waals surface area contributed by atoms with Gasteiger partial charge in [-0.15, -0.1) is 0 Å². The highest BCUT2D eigenvalue weighted by Gasteiger charge is 2.33. The molecular formula is C18H22N6O3S. The molecule has 3 aromatic rings. The number of fused-ring (bicyclic) bond motifs is 1. The van der Waals surface area contributed by atoms with Gasteiger partial charge in [-0.25, -0.2) is 13.4 Å². The van der Waals surface area contributed by atoms with Crippen LogP contribution >= 0.6 is 0 Å². The fraction of sp³-hybridized carbons (Fsp3) is 0.389. The number of aryl methyl sites for hydroxylation is 2. The van der Waals surface area contributed by atoms with Gasteiger partial charge in [-0.3, -0.25) is 9.89 Å². The molecule has 0 spiro atoms. The number of nitrogens with one attached hydrogen (secondary N) is 3. The van der Waals surface area contributed by atoms with Crippen molar-refractivity contribution in [1.29, 1.82) is 0 Å². The molecule has 10 heteroatoms. The standard InChI is InChI=1S/C18H22N6O3S/c1-11-17(12(2)23-22-11)28(26,27)24-7-5-14(6-8-24)21-18(25)13-3-4-15-16(9-13)20-10-19-15/h3-4,9-10,14H,5-8H2,1-2H3,(H,19,20)(H,21,25)(H,22,23). The summed E-state index contributed by atoms with van der Waals surface area (Å²) < 4.78 is 27.3. The van der Waals surface area contributed by atoms with Crippen molar-refractivity contribution in [1.82, 2.24) is 29.8 Å². The van der Waals surface area contributed by atoms with Gasteiger partial charge in [0.2, 0.25) is 10.0 Å². The molecule has 0 atom stereocenters. The third kappa shape index (κ3) is 3.29. The highest BCUT2D eigenvalue weighted by molar-refractivity contribution is 7.89. The first-order valence-corrected chi connectivity index (χ1v) is 10.6. The SMILES string of the molecule is Cc1n[nH]c(C)c1S(=O)(=O)N1CCC(NC(=O)c2ccc3nc[nH]c3c2)CC1. The van der Waals surface area contributed by atoms with Crippen molar-refractivity contribution < 1.29 is 13.2 Å². The van der Waals surface area contributed by atoms with E-state index in [2.05, 4.69) is 25.5 Å². The molecule has 0 bridgehead atoms. The van der Waals surface area contributed by atoms with Crippen LogP contribution in [0.1, 0.15) is 34.6 Å². The van der Waals surface area contributed by atoms with Gasteiger partial charge in [0.1, 0.15) is 4.90 Å². The van der Waals surface area contributed by atoms with E-state index < -0.39 is 10.0 Å². The second-order valence-electron chi connectivity index (χ2n) is 7.05. The van der Waals surface area contributed by atoms with Crippen LogP contribution < -0.4 is 5.32 Å². The topological polar surface area (TPSA) is 124 Å². The van der Waals surface area contributed by atoms with Crippen LogP contribution in [-0.2, 0) is 10.0 Å². The Morgan fingerprint density at radius 3 is 2.68 bits per heavy atom. The van der Waals surface area contributed by atoms with Crippen LogP contribution in [0.4, 0.5) is 0 Å². The van der Waals surface area contributed by atoms with Gasteiger partial charge in [-0.1, -0.05) is 0 Å². The molecule has 0 unspecified atom stereocenters. The number of amides is 1. The van der Waals surface area contributed by atoms with E-state index in [1.54, 1.807) is 38.4 Å². The highest BCUT2D eigenvalue weighted by atomic mass is 32.2. The molecule has 1 fully saturated rings. The summed E-state index contributed by atoms with van der Waals surface area (Å²) in [4.78, 5) is 19.9. The molecule has 0 radical (unpaired) electrons. The van der Waals surface area contributed by atoms with Crippen LogP contribution in [0.3, 0.4) is 0 Å². The minimum Gasteiger partial charge on any atom is -0.349 e. The Morgan fingerprint density at radius 1 is 1.25 bits per heavy atom. The largest absolute Gasteiger partial charge is 0.349 e. The summed E-state index contributed by atoms with van der Waals surface area (Å²) in [7, 11) is -3.59. The number of rotatable bonds is 4. The molecule has 1 aliphatic rings. The van der Waals surface area contributed by atoms with Gasteiger partial charge in [0.05, 0.1) is 28.7 Å². The fourth-order valence-corrected chi connectivity index (χ4v) is 5.44. The number of aromatic amines is 2. The molecule has 9 nitrogen and oxygen atoms in total. The van der Waals surface area contributed by atoms with Crippen molar-refractivity contribution in [2.75, 3.05) is 13.1 Å². The number of piperidine rings is 1. The quantitative estimate of drug-likeness (QED) is 0.610. The Kier molecular flexibility index (Phi) is 4.68. The molecule has 4 rings (SSSR count). The molecule has 1 aromatic carbocycles. The van der Waals surface area contributed by atoms with E-state index in [4.69, 9.17) is 0 Å². The Hall–Kier alpha value is -2.72. The Morgan fingerprint density at radius 2 is 2.00 bits per heavy atom. The smallest absolute Gasteiger partial charge is 0.251 e. The number of sulfonamides is 1. The number of hydrogen-bond donors (Lipinski definition) is 3. The lowest BCUT2D eigenvalue weighted by molar-refractivity contribution is 0.0924. The second-order valence-corrected chi connectivity index (χ2v) is 8.92. The zero-order valence-electron chi connectivity index (χ0n) is 15.7. The molecule has 0 saturated carbocycles. The van der Waals surface area contributed by atoms with E-state index in [-0.39, 0.29) is 16.8 Å². The van der Waals surface area contributed by atoms with E-state index in [9.17, 15) is 13.2 Å². The van der Waals surface area contributed by atoms with Gasteiger partial charge < -0.3 is 10.3 Å². The summed E-state index contributed by atoms with van der Waals surface area (Å²) in [5.41, 5.74) is 3.18. The van der Waals surface area contributed by atoms with Crippen LogP contribution in [0.5, 0.6) is 0 Å². The molecule has 28 heavy (non-hydrogen) atoms. The monoisotopic (exact) mass is 402 g/mol. The predicted molar refractivity (Wildman–Crippen MR) is 103 cm³/mol. The number of carbonyl (C=O) groups excluding carboxylic acids is 1. The molecule has 1 amide bonds. The lowest BCUT2D eigenvalue weighted by Gasteiger charge is -2.31. The van der Waals surface area contributed by atoms with Crippen molar-refractivity contribution in [2.45, 2.75) is 37.6 Å². The number of hydrogen-bond acceptors (Lipinski definition) is 5. The summed E-state index contributed by atoms with van der Waals surface area (Å²) in [5.74, 6) is -0.167. The van der Waals surface area contributed by atoms with E-state index >= 15 is 0 Å². The number of imidazole rings is 1. The van der Waals surface area contributed by atoms with Gasteiger partial charge in [0, 0.05) is 24.7 Å². The lowest BCUT2D eigenvalue weighted by Crippen LogP contribution is -2.46. The van der Waals surface area contributed by atoms with Crippen molar-refractivity contribution in [3.8, 4) is 0 Å². The third-order valence-corrected chi connectivity index (χ3v) is 7.29. The van der Waals surface area contributed by atoms with Crippen LogP contribution in [0.15, 0.2) is 29.4 Å². The molecule has 1 saturated heterocycles. The predicted octanol–water partition coefficient (Wildman–Crippen LogP) is 1.49. The maximum atomic E-state index is 12.9. The average Bonchev–Trinajstić information content (AvgIpc) is 3.27. The normalized spacial score (nSPS) is 16.5. The molecule has 1 aliphatic heterocycles. The van der Waals surface area contributed by atoms with Gasteiger partial charge >= 0.3 is 0 Å². The maximum Gasteiger partial charge on any atom is 0.251 e. The summed E-state index contributed by atoms with van der Waals surface area (Å²) in [6.45, 7) is 4.10. The first-order chi connectivity index (χ1) is 13.4. The lowest BCUT2D eigenvalue weighted by atomic mass is 10.1. The van der Waals surface area contributed by atoms with E-state index in [1.807, 2.05) is 0 Å². The Bertz CT molecular complexity index is 1110. The van der Waals surface area contributed by atoms with Crippen LogP contribution in [-0.4, -0.2) is 57.9 Å². The number of H-pyrrole nitrogens is 2. The average molecular weight is 402 g/mol.